The van der Waals surface area contributed by atoms with Crippen molar-refractivity contribution in [1.82, 2.24) is 19.8 Å². The molecule has 0 radical (unpaired) electrons. The van der Waals surface area contributed by atoms with Crippen LogP contribution in [0.3, 0.4) is 0 Å². The number of amides is 1. The maximum Gasteiger partial charge on any atom is 0.255 e. The molecule has 0 saturated heterocycles. The monoisotopic (exact) mass is 427 g/mol. The van der Waals surface area contributed by atoms with Crippen LogP contribution in [-0.4, -0.2) is 25.7 Å². The van der Waals surface area contributed by atoms with Crippen molar-refractivity contribution >= 4 is 27.9 Å². The molecule has 0 aliphatic carbocycles. The van der Waals surface area contributed by atoms with Crippen LogP contribution in [0.5, 0.6) is 5.75 Å². The van der Waals surface area contributed by atoms with Crippen LogP contribution in [0.15, 0.2) is 85.2 Å². The van der Waals surface area contributed by atoms with Gasteiger partial charge < -0.3 is 10.1 Å². The van der Waals surface area contributed by atoms with E-state index >= 15 is 0 Å². The van der Waals surface area contributed by atoms with Gasteiger partial charge in [-0.3, -0.25) is 4.79 Å². The summed E-state index contributed by atoms with van der Waals surface area (Å²) in [6, 6.07) is 24.6. The number of hydrogen-bond donors (Lipinski definition) is 1. The molecule has 152 valence electrons. The zero-order valence-electron chi connectivity index (χ0n) is 16.3. The number of nitrogens with one attached hydrogen (secondary N) is 1. The number of anilines is 1. The molecule has 0 aliphatic heterocycles. The molecule has 3 aromatic carbocycles. The van der Waals surface area contributed by atoms with E-state index in [-0.39, 0.29) is 5.91 Å². The third-order valence-corrected chi connectivity index (χ3v) is 5.58. The molecule has 8 heteroatoms. The number of ether oxygens (including phenoxy) is 1. The Labute approximate surface area is 182 Å². The molecule has 7 nitrogen and oxygen atoms in total. The Morgan fingerprint density at radius 1 is 1.00 bits per heavy atom. The molecule has 5 rings (SSSR count). The summed E-state index contributed by atoms with van der Waals surface area (Å²) >= 11 is 1.44. The average molecular weight is 427 g/mol. The van der Waals surface area contributed by atoms with E-state index in [9.17, 15) is 4.79 Å². The van der Waals surface area contributed by atoms with E-state index in [1.807, 2.05) is 54.6 Å². The number of benzene rings is 3. The zero-order valence-corrected chi connectivity index (χ0v) is 17.1. The highest BCUT2D eigenvalue weighted by molar-refractivity contribution is 7.19. The Balaban J connectivity index is 1.25. The van der Waals surface area contributed by atoms with Gasteiger partial charge in [0.05, 0.1) is 0 Å². The summed E-state index contributed by atoms with van der Waals surface area (Å²) in [6.45, 7) is 0.483. The third kappa shape index (κ3) is 4.29. The van der Waals surface area contributed by atoms with Crippen LogP contribution < -0.4 is 10.1 Å². The smallest absolute Gasteiger partial charge is 0.255 e. The molecule has 1 amide bonds. The van der Waals surface area contributed by atoms with Crippen molar-refractivity contribution in [2.45, 2.75) is 6.61 Å². The molecule has 0 spiro atoms. The zero-order chi connectivity index (χ0) is 21.0. The Kier molecular flexibility index (Phi) is 5.12. The molecule has 2 aromatic heterocycles. The fraction of sp³-hybridized carbons (Fsp3) is 0.0435. The predicted octanol–water partition coefficient (Wildman–Crippen LogP) is 4.68. The SMILES string of the molecule is O=C(Nc1cccc(-c2nn3cnnc3s2)c1)c1ccc(OCc2ccccc2)cc1. The van der Waals surface area contributed by atoms with Gasteiger partial charge in [0.25, 0.3) is 5.91 Å². The van der Waals surface area contributed by atoms with Gasteiger partial charge in [-0.05, 0) is 42.0 Å². The molecule has 0 saturated carbocycles. The minimum Gasteiger partial charge on any atom is -0.489 e. The fourth-order valence-electron chi connectivity index (χ4n) is 3.05. The molecule has 0 fully saturated rings. The molecule has 31 heavy (non-hydrogen) atoms. The second-order valence-corrected chi connectivity index (χ2v) is 7.75. The highest BCUT2D eigenvalue weighted by atomic mass is 32.1. The molecule has 0 aliphatic rings. The van der Waals surface area contributed by atoms with Crippen LogP contribution >= 0.6 is 11.3 Å². The van der Waals surface area contributed by atoms with Crippen molar-refractivity contribution in [1.29, 1.82) is 0 Å². The first-order valence-electron chi connectivity index (χ1n) is 9.60. The molecule has 1 N–H and O–H groups in total. The standard InChI is InChI=1S/C23H17N5O2S/c29-21(17-9-11-20(12-10-17)30-14-16-5-2-1-3-6-16)25-19-8-4-7-18(13-19)22-27-28-15-24-26-23(28)31-22/h1-13,15H,14H2,(H,25,29). The molecule has 5 aromatic rings. The molecule has 2 heterocycles. The number of aromatic nitrogens is 4. The van der Waals surface area contributed by atoms with Crippen LogP contribution in [0.25, 0.3) is 15.5 Å². The molecule has 0 atom stereocenters. The third-order valence-electron chi connectivity index (χ3n) is 4.62. The van der Waals surface area contributed by atoms with Crippen LogP contribution in [0, 0.1) is 0 Å². The van der Waals surface area contributed by atoms with Gasteiger partial charge >= 0.3 is 0 Å². The van der Waals surface area contributed by atoms with E-state index in [0.29, 0.717) is 23.6 Å². The average Bonchev–Trinajstić information content (AvgIpc) is 3.42. The van der Waals surface area contributed by atoms with Crippen molar-refractivity contribution in [3.63, 3.8) is 0 Å². The molecular formula is C23H17N5O2S. The van der Waals surface area contributed by atoms with Gasteiger partial charge in [-0.25, -0.2) is 0 Å². The van der Waals surface area contributed by atoms with Gasteiger partial charge in [0.2, 0.25) is 4.96 Å². The van der Waals surface area contributed by atoms with Gasteiger partial charge in [-0.15, -0.1) is 10.2 Å². The van der Waals surface area contributed by atoms with E-state index in [4.69, 9.17) is 4.74 Å². The van der Waals surface area contributed by atoms with Gasteiger partial charge in [0, 0.05) is 16.8 Å². The lowest BCUT2D eigenvalue weighted by Crippen LogP contribution is -2.11. The second-order valence-electron chi connectivity index (χ2n) is 6.80. The summed E-state index contributed by atoms with van der Waals surface area (Å²) in [5.41, 5.74) is 3.24. The first-order chi connectivity index (χ1) is 15.2. The molecule has 0 unspecified atom stereocenters. The van der Waals surface area contributed by atoms with Gasteiger partial charge in [0.1, 0.15) is 23.7 Å². The molecule has 0 bridgehead atoms. The van der Waals surface area contributed by atoms with E-state index in [1.54, 1.807) is 35.1 Å². The summed E-state index contributed by atoms with van der Waals surface area (Å²) in [4.78, 5) is 13.4. The lowest BCUT2D eigenvalue weighted by Gasteiger charge is -2.09. The van der Waals surface area contributed by atoms with Crippen molar-refractivity contribution in [2.75, 3.05) is 5.32 Å². The number of carbonyl (C=O) groups is 1. The topological polar surface area (TPSA) is 81.4 Å². The first kappa shape index (κ1) is 19.0. The fourth-order valence-corrected chi connectivity index (χ4v) is 3.87. The number of fused-ring (bicyclic) bond motifs is 1. The van der Waals surface area contributed by atoms with Crippen LogP contribution in [0.4, 0.5) is 5.69 Å². The van der Waals surface area contributed by atoms with Crippen molar-refractivity contribution in [3.05, 3.63) is 96.3 Å². The minimum absolute atomic E-state index is 0.190. The van der Waals surface area contributed by atoms with Gasteiger partial charge in [0.15, 0.2) is 0 Å². The number of rotatable bonds is 6. The molecular weight excluding hydrogens is 410 g/mol. The summed E-state index contributed by atoms with van der Waals surface area (Å²) in [5.74, 6) is 0.524. The van der Waals surface area contributed by atoms with E-state index in [2.05, 4.69) is 20.6 Å². The summed E-state index contributed by atoms with van der Waals surface area (Å²) < 4.78 is 7.41. The predicted molar refractivity (Wildman–Crippen MR) is 119 cm³/mol. The van der Waals surface area contributed by atoms with Crippen LogP contribution in [0.2, 0.25) is 0 Å². The lowest BCUT2D eigenvalue weighted by molar-refractivity contribution is 0.102. The van der Waals surface area contributed by atoms with E-state index in [0.717, 1.165) is 21.1 Å². The van der Waals surface area contributed by atoms with Crippen molar-refractivity contribution < 1.29 is 9.53 Å². The van der Waals surface area contributed by atoms with E-state index in [1.165, 1.54) is 11.3 Å². The maximum absolute atomic E-state index is 12.7. The maximum atomic E-state index is 12.7. The Bertz CT molecular complexity index is 1300. The van der Waals surface area contributed by atoms with Crippen molar-refractivity contribution in [3.8, 4) is 16.3 Å². The van der Waals surface area contributed by atoms with Crippen molar-refractivity contribution in [2.24, 2.45) is 0 Å². The Morgan fingerprint density at radius 2 is 1.84 bits per heavy atom. The van der Waals surface area contributed by atoms with Crippen LogP contribution in [0.1, 0.15) is 15.9 Å². The van der Waals surface area contributed by atoms with E-state index < -0.39 is 0 Å². The summed E-state index contributed by atoms with van der Waals surface area (Å²) in [5, 5.41) is 16.0. The Morgan fingerprint density at radius 3 is 2.65 bits per heavy atom. The number of hydrogen-bond acceptors (Lipinski definition) is 6. The van der Waals surface area contributed by atoms with Gasteiger partial charge in [-0.2, -0.15) is 9.61 Å². The Hall–Kier alpha value is -4.04. The summed E-state index contributed by atoms with van der Waals surface area (Å²) in [7, 11) is 0. The van der Waals surface area contributed by atoms with Crippen LogP contribution in [-0.2, 0) is 6.61 Å². The second kappa shape index (κ2) is 8.37. The first-order valence-corrected chi connectivity index (χ1v) is 10.4. The summed E-state index contributed by atoms with van der Waals surface area (Å²) in [6.07, 6.45) is 1.56. The highest BCUT2D eigenvalue weighted by Gasteiger charge is 2.10. The largest absolute Gasteiger partial charge is 0.489 e. The van der Waals surface area contributed by atoms with Gasteiger partial charge in [-0.1, -0.05) is 53.8 Å². The highest BCUT2D eigenvalue weighted by Crippen LogP contribution is 2.27. The quantitative estimate of drug-likeness (QED) is 0.425. The number of nitrogens with zero attached hydrogens (tertiary/aromatic N) is 4. The number of carbonyl (C=O) groups excluding carboxylic acids is 1. The normalized spacial score (nSPS) is 10.8. The lowest BCUT2D eigenvalue weighted by atomic mass is 10.1. The minimum atomic E-state index is -0.190.